The highest BCUT2D eigenvalue weighted by Gasteiger charge is 2.11. The highest BCUT2D eigenvalue weighted by Crippen LogP contribution is 2.28. The molecule has 29 heavy (non-hydrogen) atoms. The van der Waals surface area contributed by atoms with Crippen molar-refractivity contribution in [3.63, 3.8) is 0 Å². The number of nitrogens with two attached hydrogens (primary N) is 1. The summed E-state index contributed by atoms with van der Waals surface area (Å²) < 4.78 is 38.6. The second kappa shape index (κ2) is 15.0. The van der Waals surface area contributed by atoms with Crippen LogP contribution in [0.3, 0.4) is 0 Å². The zero-order valence-corrected chi connectivity index (χ0v) is 16.6. The number of carbonyl (C=O) groups excluding carboxylic acids is 1. The molecule has 0 fully saturated rings. The van der Waals surface area contributed by atoms with E-state index < -0.39 is 5.91 Å². The van der Waals surface area contributed by atoms with Crippen molar-refractivity contribution in [2.24, 2.45) is 5.84 Å². The Balaban J connectivity index is 1.89. The fourth-order valence-electron chi connectivity index (χ4n) is 2.37. The van der Waals surface area contributed by atoms with Gasteiger partial charge in [0.1, 0.15) is 13.2 Å². The summed E-state index contributed by atoms with van der Waals surface area (Å²) in [5.74, 6) is 5.71. The number of fused-ring (bicyclic) bond motifs is 1. The summed E-state index contributed by atoms with van der Waals surface area (Å²) in [6, 6.07) is 4.84. The summed E-state index contributed by atoms with van der Waals surface area (Å²) in [7, 11) is 0. The van der Waals surface area contributed by atoms with Gasteiger partial charge in [-0.25, -0.2) is 5.84 Å². The van der Waals surface area contributed by atoms with Gasteiger partial charge in [0.15, 0.2) is 11.5 Å². The third-order valence-electron chi connectivity index (χ3n) is 3.80. The van der Waals surface area contributed by atoms with Crippen molar-refractivity contribution in [2.75, 3.05) is 79.3 Å². The standard InChI is InChI=1S/C19H30N2O8/c20-21-19(22)16-1-2-17-18(15-16)29-14-12-27-10-8-25-6-4-23-3-5-24-7-9-26-11-13-28-17/h1-2,15H,3-14,20H2,(H,21,22). The Hall–Kier alpha value is -1.95. The van der Waals surface area contributed by atoms with Gasteiger partial charge < -0.3 is 33.2 Å². The van der Waals surface area contributed by atoms with Crippen LogP contribution in [-0.2, 0) is 23.7 Å². The Bertz CT molecular complexity index is 587. The van der Waals surface area contributed by atoms with Crippen LogP contribution in [0.2, 0.25) is 0 Å². The SMILES string of the molecule is NNC(=O)c1ccc2c(c1)OCCOCCOCCOCCOCCOCCO2. The fourth-order valence-corrected chi connectivity index (χ4v) is 2.37. The van der Waals surface area contributed by atoms with E-state index in [1.54, 1.807) is 18.2 Å². The number of rotatable bonds is 1. The van der Waals surface area contributed by atoms with Crippen LogP contribution >= 0.6 is 0 Å². The highest BCUT2D eigenvalue weighted by atomic mass is 16.6. The molecule has 10 heteroatoms. The van der Waals surface area contributed by atoms with E-state index in [0.717, 1.165) is 0 Å². The Morgan fingerprint density at radius 3 is 1.52 bits per heavy atom. The number of ether oxygens (including phenoxy) is 7. The number of nitrogen functional groups attached to an aromatic ring is 1. The van der Waals surface area contributed by atoms with Crippen LogP contribution in [0, 0.1) is 0 Å². The minimum atomic E-state index is -0.417. The molecule has 1 aliphatic heterocycles. The van der Waals surface area contributed by atoms with Crippen molar-refractivity contribution in [2.45, 2.75) is 0 Å². The number of benzene rings is 1. The van der Waals surface area contributed by atoms with Gasteiger partial charge in [0.2, 0.25) is 0 Å². The highest BCUT2D eigenvalue weighted by molar-refractivity contribution is 5.94. The van der Waals surface area contributed by atoms with Gasteiger partial charge in [-0.15, -0.1) is 0 Å². The van der Waals surface area contributed by atoms with E-state index in [4.69, 9.17) is 39.0 Å². The second-order valence-corrected chi connectivity index (χ2v) is 5.89. The van der Waals surface area contributed by atoms with Crippen molar-refractivity contribution in [3.8, 4) is 11.5 Å². The smallest absolute Gasteiger partial charge is 0.265 e. The van der Waals surface area contributed by atoms with Gasteiger partial charge in [0.25, 0.3) is 5.91 Å². The average Bonchev–Trinajstić information content (AvgIpc) is 2.74. The van der Waals surface area contributed by atoms with E-state index in [2.05, 4.69) is 5.43 Å². The Morgan fingerprint density at radius 2 is 1.07 bits per heavy atom. The van der Waals surface area contributed by atoms with E-state index in [1.807, 2.05) is 0 Å². The fraction of sp³-hybridized carbons (Fsp3) is 0.632. The summed E-state index contributed by atoms with van der Waals surface area (Å²) in [4.78, 5) is 11.8. The molecule has 3 N–H and O–H groups in total. The zero-order chi connectivity index (χ0) is 20.6. The van der Waals surface area contributed by atoms with Gasteiger partial charge in [0.05, 0.1) is 66.1 Å². The molecule has 164 valence electrons. The number of hydrogen-bond donors (Lipinski definition) is 2. The van der Waals surface area contributed by atoms with Gasteiger partial charge in [0, 0.05) is 5.56 Å². The largest absolute Gasteiger partial charge is 0.487 e. The Morgan fingerprint density at radius 1 is 0.655 bits per heavy atom. The molecule has 1 aromatic carbocycles. The van der Waals surface area contributed by atoms with Crippen molar-refractivity contribution in [1.82, 2.24) is 5.43 Å². The average molecular weight is 414 g/mol. The Labute approximate surface area is 170 Å². The lowest BCUT2D eigenvalue weighted by Crippen LogP contribution is -2.30. The molecule has 1 aromatic rings. The van der Waals surface area contributed by atoms with Gasteiger partial charge in [-0.1, -0.05) is 0 Å². The lowest BCUT2D eigenvalue weighted by atomic mass is 10.2. The molecule has 0 saturated carbocycles. The third kappa shape index (κ3) is 9.88. The maximum Gasteiger partial charge on any atom is 0.265 e. The predicted molar refractivity (Wildman–Crippen MR) is 103 cm³/mol. The minimum Gasteiger partial charge on any atom is -0.487 e. The monoisotopic (exact) mass is 414 g/mol. The van der Waals surface area contributed by atoms with Crippen LogP contribution in [0.15, 0.2) is 18.2 Å². The van der Waals surface area contributed by atoms with Crippen LogP contribution in [0.5, 0.6) is 11.5 Å². The normalized spacial score (nSPS) is 18.9. The van der Waals surface area contributed by atoms with Crippen LogP contribution in [0.4, 0.5) is 0 Å². The molecule has 1 amide bonds. The lowest BCUT2D eigenvalue weighted by Gasteiger charge is -2.14. The molecular formula is C19H30N2O8. The van der Waals surface area contributed by atoms with Crippen LogP contribution < -0.4 is 20.7 Å². The molecule has 0 unspecified atom stereocenters. The number of carbonyl (C=O) groups is 1. The number of nitrogens with one attached hydrogen (secondary N) is 1. The van der Waals surface area contributed by atoms with Crippen molar-refractivity contribution in [1.29, 1.82) is 0 Å². The van der Waals surface area contributed by atoms with E-state index >= 15 is 0 Å². The number of amides is 1. The molecule has 1 heterocycles. The van der Waals surface area contributed by atoms with E-state index in [0.29, 0.717) is 96.3 Å². The first-order valence-electron chi connectivity index (χ1n) is 9.60. The second-order valence-electron chi connectivity index (χ2n) is 5.89. The van der Waals surface area contributed by atoms with E-state index in [1.165, 1.54) is 0 Å². The first kappa shape index (κ1) is 23.3. The lowest BCUT2D eigenvalue weighted by molar-refractivity contribution is -0.0134. The van der Waals surface area contributed by atoms with Gasteiger partial charge in [-0.2, -0.15) is 0 Å². The van der Waals surface area contributed by atoms with Gasteiger partial charge in [-0.05, 0) is 18.2 Å². The number of hydrogen-bond acceptors (Lipinski definition) is 9. The summed E-state index contributed by atoms with van der Waals surface area (Å²) in [5.41, 5.74) is 2.46. The van der Waals surface area contributed by atoms with Gasteiger partial charge >= 0.3 is 0 Å². The molecule has 0 spiro atoms. The van der Waals surface area contributed by atoms with Crippen LogP contribution in [-0.4, -0.2) is 85.2 Å². The molecule has 0 radical (unpaired) electrons. The minimum absolute atomic E-state index is 0.293. The van der Waals surface area contributed by atoms with Gasteiger partial charge in [-0.3, -0.25) is 10.2 Å². The molecule has 2 rings (SSSR count). The Kier molecular flexibility index (Phi) is 12.0. The molecule has 0 aliphatic carbocycles. The van der Waals surface area contributed by atoms with Crippen molar-refractivity contribution < 1.29 is 38.0 Å². The molecule has 1 aliphatic rings. The maximum absolute atomic E-state index is 11.8. The molecule has 0 atom stereocenters. The summed E-state index contributed by atoms with van der Waals surface area (Å²) >= 11 is 0. The molecule has 10 nitrogen and oxygen atoms in total. The number of hydrazine groups is 1. The maximum atomic E-state index is 11.8. The molecule has 0 aromatic heterocycles. The first-order chi connectivity index (χ1) is 14.3. The molecule has 0 saturated heterocycles. The summed E-state index contributed by atoms with van der Waals surface area (Å²) in [6.45, 7) is 5.27. The van der Waals surface area contributed by atoms with E-state index in [-0.39, 0.29) is 0 Å². The summed E-state index contributed by atoms with van der Waals surface area (Å²) in [6.07, 6.45) is 0. The zero-order valence-electron chi connectivity index (χ0n) is 16.6. The van der Waals surface area contributed by atoms with Crippen LogP contribution in [0.25, 0.3) is 0 Å². The van der Waals surface area contributed by atoms with Crippen LogP contribution in [0.1, 0.15) is 10.4 Å². The third-order valence-corrected chi connectivity index (χ3v) is 3.80. The predicted octanol–water partition coefficient (Wildman–Crippen LogP) is 0.144. The van der Waals surface area contributed by atoms with Crippen molar-refractivity contribution >= 4 is 5.91 Å². The molecular weight excluding hydrogens is 384 g/mol. The topological polar surface area (TPSA) is 120 Å². The van der Waals surface area contributed by atoms with Crippen molar-refractivity contribution in [3.05, 3.63) is 23.8 Å². The quantitative estimate of drug-likeness (QED) is 0.376. The molecule has 0 bridgehead atoms. The first-order valence-corrected chi connectivity index (χ1v) is 9.60. The summed E-state index contributed by atoms with van der Waals surface area (Å²) in [5, 5.41) is 0. The van der Waals surface area contributed by atoms with E-state index in [9.17, 15) is 4.79 Å².